The summed E-state index contributed by atoms with van der Waals surface area (Å²) >= 11 is 0. The Bertz CT molecular complexity index is 1340. The maximum Gasteiger partial charge on any atom is 0.408 e. The number of rotatable bonds is 3. The Kier molecular flexibility index (Phi) is 8.36. The van der Waals surface area contributed by atoms with Crippen molar-refractivity contribution in [2.75, 3.05) is 13.7 Å². The van der Waals surface area contributed by atoms with E-state index in [1.165, 1.54) is 0 Å². The van der Waals surface area contributed by atoms with Crippen molar-refractivity contribution in [2.24, 2.45) is 17.3 Å². The molecule has 3 heterocycles. The van der Waals surface area contributed by atoms with E-state index >= 15 is 0 Å². The average molecular weight is 581 g/mol. The molecule has 10 nitrogen and oxygen atoms in total. The number of nitrogens with zero attached hydrogens (tertiary/aromatic N) is 3. The van der Waals surface area contributed by atoms with Gasteiger partial charge in [-0.15, -0.1) is 0 Å². The topological polar surface area (TPSA) is 120 Å². The second kappa shape index (κ2) is 11.7. The van der Waals surface area contributed by atoms with Gasteiger partial charge in [-0.25, -0.2) is 14.8 Å². The lowest BCUT2D eigenvalue weighted by molar-refractivity contribution is -0.139. The van der Waals surface area contributed by atoms with E-state index in [4.69, 9.17) is 24.2 Å². The molecule has 1 aliphatic carbocycles. The molecule has 1 N–H and O–H groups in total. The zero-order chi connectivity index (χ0) is 30.2. The largest absolute Gasteiger partial charge is 0.497 e. The van der Waals surface area contributed by atoms with Crippen LogP contribution in [0.1, 0.15) is 78.8 Å². The number of hydrogen-bond acceptors (Lipinski definition) is 8. The molecular formula is C32H44N4O6. The summed E-state index contributed by atoms with van der Waals surface area (Å²) in [5.41, 5.74) is 1.05. The number of aromatic nitrogens is 2. The van der Waals surface area contributed by atoms with Crippen LogP contribution < -0.4 is 14.8 Å². The highest BCUT2D eigenvalue weighted by Crippen LogP contribution is 2.49. The molecule has 2 amide bonds. The molecule has 0 unspecified atom stereocenters. The predicted octanol–water partition coefficient (Wildman–Crippen LogP) is 4.86. The molecule has 0 spiro atoms. The number of aldehydes is 1. The van der Waals surface area contributed by atoms with Gasteiger partial charge < -0.3 is 29.2 Å². The molecule has 2 aliphatic heterocycles. The van der Waals surface area contributed by atoms with E-state index in [-0.39, 0.29) is 18.4 Å². The van der Waals surface area contributed by atoms with Crippen LogP contribution in [0.4, 0.5) is 4.79 Å². The van der Waals surface area contributed by atoms with Gasteiger partial charge in [0.2, 0.25) is 11.8 Å². The quantitative estimate of drug-likeness (QED) is 0.512. The number of carbonyl (C=O) groups excluding carboxylic acids is 3. The number of aryl methyl sites for hydroxylation is 1. The minimum atomic E-state index is -0.883. The first-order valence-corrected chi connectivity index (χ1v) is 15.2. The zero-order valence-corrected chi connectivity index (χ0v) is 25.6. The number of methoxy groups -OCH3 is 1. The van der Waals surface area contributed by atoms with Crippen LogP contribution in [-0.4, -0.2) is 70.6 Å². The summed E-state index contributed by atoms with van der Waals surface area (Å²) in [4.78, 5) is 51.0. The molecule has 2 bridgehead atoms. The summed E-state index contributed by atoms with van der Waals surface area (Å²) in [6.07, 6.45) is 5.78. The molecule has 10 heteroatoms. The van der Waals surface area contributed by atoms with Crippen LogP contribution in [0.5, 0.6) is 11.6 Å². The van der Waals surface area contributed by atoms with Gasteiger partial charge >= 0.3 is 6.09 Å². The van der Waals surface area contributed by atoms with Gasteiger partial charge in [0.15, 0.2) is 0 Å². The minimum Gasteiger partial charge on any atom is -0.497 e. The molecule has 1 saturated carbocycles. The fraction of sp³-hybridized carbons (Fsp3) is 0.656. The van der Waals surface area contributed by atoms with Crippen molar-refractivity contribution in [2.45, 2.75) is 103 Å². The maximum atomic E-state index is 14.1. The number of ether oxygens (including phenoxy) is 3. The normalized spacial score (nSPS) is 30.6. The minimum absolute atomic E-state index is 0.196. The number of nitrogens with one attached hydrogen (secondary N) is 1. The van der Waals surface area contributed by atoms with E-state index in [9.17, 15) is 14.4 Å². The summed E-state index contributed by atoms with van der Waals surface area (Å²) in [5.74, 6) is 0.831. The highest BCUT2D eigenvalue weighted by molar-refractivity contribution is 5.89. The number of fused-ring (bicyclic) bond motifs is 5. The van der Waals surface area contributed by atoms with Crippen molar-refractivity contribution in [1.29, 1.82) is 0 Å². The lowest BCUT2D eigenvalue weighted by atomic mass is 9.85. The number of carbonyl (C=O) groups is 3. The van der Waals surface area contributed by atoms with Crippen molar-refractivity contribution in [3.8, 4) is 11.6 Å². The van der Waals surface area contributed by atoms with Crippen molar-refractivity contribution >= 4 is 29.3 Å². The highest BCUT2D eigenvalue weighted by atomic mass is 16.6. The monoisotopic (exact) mass is 580 g/mol. The third kappa shape index (κ3) is 6.03. The first kappa shape index (κ1) is 30.0. The van der Waals surface area contributed by atoms with Gasteiger partial charge in [0, 0.05) is 17.9 Å². The Morgan fingerprint density at radius 3 is 2.64 bits per heavy atom. The van der Waals surface area contributed by atoms with Gasteiger partial charge in [-0.1, -0.05) is 40.5 Å². The van der Waals surface area contributed by atoms with Gasteiger partial charge in [-0.05, 0) is 56.6 Å². The van der Waals surface area contributed by atoms with Crippen LogP contribution >= 0.6 is 0 Å². The first-order chi connectivity index (χ1) is 20.0. The molecule has 0 radical (unpaired) electrons. The first-order valence-electron chi connectivity index (χ1n) is 15.2. The second-order valence-corrected chi connectivity index (χ2v) is 13.3. The summed E-state index contributed by atoms with van der Waals surface area (Å²) < 4.78 is 17.9. The Labute approximate surface area is 247 Å². The van der Waals surface area contributed by atoms with Crippen LogP contribution in [0.2, 0.25) is 0 Å². The van der Waals surface area contributed by atoms with Crippen LogP contribution in [0.15, 0.2) is 18.2 Å². The van der Waals surface area contributed by atoms with Crippen molar-refractivity contribution in [3.05, 3.63) is 23.9 Å². The van der Waals surface area contributed by atoms with E-state index in [0.29, 0.717) is 35.9 Å². The zero-order valence-electron chi connectivity index (χ0n) is 25.6. The molecule has 2 fully saturated rings. The molecule has 228 valence electrons. The van der Waals surface area contributed by atoms with Crippen LogP contribution in [0.3, 0.4) is 0 Å². The third-order valence-corrected chi connectivity index (χ3v) is 9.24. The molecular weight excluding hydrogens is 536 g/mol. The highest BCUT2D eigenvalue weighted by Gasteiger charge is 2.54. The lowest BCUT2D eigenvalue weighted by Crippen LogP contribution is -2.56. The number of amides is 2. The molecule has 1 aromatic heterocycles. The summed E-state index contributed by atoms with van der Waals surface area (Å²) in [7, 11) is 1.61. The Hall–Kier alpha value is -3.43. The van der Waals surface area contributed by atoms with Crippen LogP contribution in [0.25, 0.3) is 11.0 Å². The Morgan fingerprint density at radius 1 is 1.17 bits per heavy atom. The van der Waals surface area contributed by atoms with E-state index in [0.717, 1.165) is 49.6 Å². The molecule has 3 aliphatic rings. The molecule has 1 aromatic carbocycles. The van der Waals surface area contributed by atoms with Gasteiger partial charge in [0.05, 0.1) is 30.7 Å². The fourth-order valence-electron chi connectivity index (χ4n) is 6.52. The molecule has 1 saturated heterocycles. The van der Waals surface area contributed by atoms with Crippen LogP contribution in [-0.2, 0) is 20.7 Å². The molecule has 6 atom stereocenters. The van der Waals surface area contributed by atoms with Gasteiger partial charge in [-0.2, -0.15) is 0 Å². The Balaban J connectivity index is 1.52. The number of alkyl carbamates (subject to hydrolysis) is 1. The SMILES string of the molecule is CC[C@@H]1[C@@H]2CN(C(=O)[C@H](C(C)(C)C)NC(=O)O[C@]3(C)C[C@H]3CCCCCc3nc4ccc(OC)cc4nc3O2)[C@@H]1C=O. The van der Waals surface area contributed by atoms with E-state index < -0.39 is 35.3 Å². The van der Waals surface area contributed by atoms with Gasteiger partial charge in [0.25, 0.3) is 0 Å². The molecule has 42 heavy (non-hydrogen) atoms. The van der Waals surface area contributed by atoms with E-state index in [2.05, 4.69) is 5.32 Å². The summed E-state index contributed by atoms with van der Waals surface area (Å²) in [6, 6.07) is 4.02. The molecule has 2 aromatic rings. The number of hydrogen-bond donors (Lipinski definition) is 1. The standard InChI is InChI=1S/C32H44N4O6/c1-7-21-25(18-37)36-17-26(21)41-28-23(33-22-14-13-20(40-6)15-24(22)34-28)12-10-8-9-11-19-16-32(19,5)42-30(39)35-27(29(36)38)31(2,3)4/h13-15,18-19,21,25-27H,7-12,16-17H2,1-6H3,(H,35,39)/t19-,21+,25-,26+,27-,32-/m1/s1. The van der Waals surface area contributed by atoms with Gasteiger partial charge in [-0.3, -0.25) is 4.79 Å². The lowest BCUT2D eigenvalue weighted by Gasteiger charge is -2.35. The van der Waals surface area contributed by atoms with Crippen molar-refractivity contribution < 1.29 is 28.6 Å². The van der Waals surface area contributed by atoms with Crippen molar-refractivity contribution in [1.82, 2.24) is 20.2 Å². The van der Waals surface area contributed by atoms with Crippen LogP contribution in [0, 0.1) is 17.3 Å². The van der Waals surface area contributed by atoms with E-state index in [1.54, 1.807) is 12.0 Å². The second-order valence-electron chi connectivity index (χ2n) is 13.3. The summed E-state index contributed by atoms with van der Waals surface area (Å²) in [5, 5.41) is 2.86. The molecule has 5 rings (SSSR count). The summed E-state index contributed by atoms with van der Waals surface area (Å²) in [6.45, 7) is 9.83. The smallest absolute Gasteiger partial charge is 0.408 e. The van der Waals surface area contributed by atoms with Crippen molar-refractivity contribution in [3.63, 3.8) is 0 Å². The Morgan fingerprint density at radius 2 is 1.95 bits per heavy atom. The average Bonchev–Trinajstić information content (AvgIpc) is 3.43. The fourth-order valence-corrected chi connectivity index (χ4v) is 6.52. The van der Waals surface area contributed by atoms with Gasteiger partial charge in [0.1, 0.15) is 35.5 Å². The predicted molar refractivity (Wildman–Crippen MR) is 157 cm³/mol. The number of benzene rings is 1. The maximum absolute atomic E-state index is 14.1. The van der Waals surface area contributed by atoms with E-state index in [1.807, 2.05) is 52.8 Å². The third-order valence-electron chi connectivity index (χ3n) is 9.24.